The Bertz CT molecular complexity index is 403. The van der Waals surface area contributed by atoms with Crippen molar-refractivity contribution >= 4 is 6.08 Å². The zero-order valence-corrected chi connectivity index (χ0v) is 10.4. The Morgan fingerprint density at radius 1 is 1.35 bits per heavy atom. The predicted octanol–water partition coefficient (Wildman–Crippen LogP) is 2.59. The Balaban J connectivity index is 3.12. The first kappa shape index (κ1) is 13.5. The summed E-state index contributed by atoms with van der Waals surface area (Å²) >= 11 is 0. The fourth-order valence-corrected chi connectivity index (χ4v) is 1.38. The van der Waals surface area contributed by atoms with Gasteiger partial charge in [-0.05, 0) is 19.9 Å². The Labute approximate surface area is 101 Å². The average molecular weight is 239 g/mol. The van der Waals surface area contributed by atoms with E-state index in [2.05, 4.69) is 0 Å². The van der Waals surface area contributed by atoms with Crippen LogP contribution >= 0.6 is 0 Å². The Morgan fingerprint density at radius 2 is 2.06 bits per heavy atom. The van der Waals surface area contributed by atoms with Gasteiger partial charge >= 0.3 is 0 Å². The fraction of sp³-hybridized carbons (Fsp3) is 0.385. The number of hydrogen-bond acceptors (Lipinski definition) is 3. The maximum absolute atomic E-state index is 13.7. The summed E-state index contributed by atoms with van der Waals surface area (Å²) in [6, 6.07) is 2.92. The van der Waals surface area contributed by atoms with Gasteiger partial charge < -0.3 is 15.2 Å². The van der Waals surface area contributed by atoms with Crippen LogP contribution in [0.4, 0.5) is 4.39 Å². The van der Waals surface area contributed by atoms with Gasteiger partial charge in [0.25, 0.3) is 0 Å². The second-order valence-corrected chi connectivity index (χ2v) is 3.83. The van der Waals surface area contributed by atoms with E-state index >= 15 is 0 Å². The molecule has 0 atom stereocenters. The molecule has 94 valence electrons. The molecule has 0 aromatic heterocycles. The average Bonchev–Trinajstić information content (AvgIpc) is 2.28. The molecule has 0 saturated carbocycles. The van der Waals surface area contributed by atoms with Crippen molar-refractivity contribution in [2.45, 2.75) is 20.0 Å². The quantitative estimate of drug-likeness (QED) is 0.859. The summed E-state index contributed by atoms with van der Waals surface area (Å²) < 4.78 is 24.3. The van der Waals surface area contributed by atoms with Crippen LogP contribution in [0.15, 0.2) is 18.2 Å². The summed E-state index contributed by atoms with van der Waals surface area (Å²) in [7, 11) is 1.48. The highest BCUT2D eigenvalue weighted by atomic mass is 19.1. The molecule has 0 heterocycles. The molecule has 1 rings (SSSR count). The summed E-state index contributed by atoms with van der Waals surface area (Å²) in [6.07, 6.45) is 3.31. The second-order valence-electron chi connectivity index (χ2n) is 3.83. The molecule has 3 nitrogen and oxygen atoms in total. The standard InChI is InChI=1S/C13H18FNO2/c1-9(2)17-13-7-10(5-4-6-15)11(14)8-12(13)16-3/h4-5,7-9H,6,15H2,1-3H3/b5-4+. The highest BCUT2D eigenvalue weighted by Crippen LogP contribution is 2.31. The third-order valence-electron chi connectivity index (χ3n) is 2.08. The second kappa shape index (κ2) is 6.25. The summed E-state index contributed by atoms with van der Waals surface area (Å²) in [5.41, 5.74) is 5.77. The van der Waals surface area contributed by atoms with Crippen molar-refractivity contribution in [3.8, 4) is 11.5 Å². The fourth-order valence-electron chi connectivity index (χ4n) is 1.38. The molecule has 1 aromatic carbocycles. The Kier molecular flexibility index (Phi) is 4.97. The van der Waals surface area contributed by atoms with Gasteiger partial charge in [0, 0.05) is 18.2 Å². The lowest BCUT2D eigenvalue weighted by Crippen LogP contribution is -2.07. The molecule has 0 spiro atoms. The van der Waals surface area contributed by atoms with Gasteiger partial charge in [-0.2, -0.15) is 0 Å². The first-order valence-electron chi connectivity index (χ1n) is 5.49. The van der Waals surface area contributed by atoms with E-state index in [4.69, 9.17) is 15.2 Å². The van der Waals surface area contributed by atoms with Crippen LogP contribution in [-0.2, 0) is 0 Å². The normalized spacial score (nSPS) is 11.2. The van der Waals surface area contributed by atoms with E-state index in [1.54, 1.807) is 18.2 Å². The molecule has 17 heavy (non-hydrogen) atoms. The molecule has 2 N–H and O–H groups in total. The molecular weight excluding hydrogens is 221 g/mol. The van der Waals surface area contributed by atoms with E-state index < -0.39 is 0 Å². The first-order valence-corrected chi connectivity index (χ1v) is 5.49. The van der Waals surface area contributed by atoms with Crippen LogP contribution in [-0.4, -0.2) is 19.8 Å². The van der Waals surface area contributed by atoms with Crippen molar-refractivity contribution in [1.82, 2.24) is 0 Å². The van der Waals surface area contributed by atoms with E-state index in [-0.39, 0.29) is 11.9 Å². The predicted molar refractivity (Wildman–Crippen MR) is 66.8 cm³/mol. The number of ether oxygens (including phenoxy) is 2. The number of hydrogen-bond donors (Lipinski definition) is 1. The van der Waals surface area contributed by atoms with E-state index in [9.17, 15) is 4.39 Å². The molecule has 0 saturated heterocycles. The topological polar surface area (TPSA) is 44.5 Å². The lowest BCUT2D eigenvalue weighted by Gasteiger charge is -2.14. The number of nitrogens with two attached hydrogens (primary N) is 1. The van der Waals surface area contributed by atoms with Gasteiger partial charge in [-0.25, -0.2) is 4.39 Å². The van der Waals surface area contributed by atoms with Crippen molar-refractivity contribution in [2.24, 2.45) is 5.73 Å². The van der Waals surface area contributed by atoms with Crippen LogP contribution < -0.4 is 15.2 Å². The van der Waals surface area contributed by atoms with Crippen molar-refractivity contribution in [2.75, 3.05) is 13.7 Å². The Hall–Kier alpha value is -1.55. The summed E-state index contributed by atoms with van der Waals surface area (Å²) in [6.45, 7) is 4.17. The highest BCUT2D eigenvalue weighted by Gasteiger charge is 2.11. The molecule has 0 radical (unpaired) electrons. The van der Waals surface area contributed by atoms with Crippen molar-refractivity contribution in [3.05, 3.63) is 29.6 Å². The minimum atomic E-state index is -0.359. The first-order chi connectivity index (χ1) is 8.08. The van der Waals surface area contributed by atoms with Crippen molar-refractivity contribution in [1.29, 1.82) is 0 Å². The Morgan fingerprint density at radius 3 is 2.59 bits per heavy atom. The van der Waals surface area contributed by atoms with Gasteiger partial charge in [-0.15, -0.1) is 0 Å². The summed E-state index contributed by atoms with van der Waals surface area (Å²) in [5.74, 6) is 0.560. The molecule has 0 aliphatic carbocycles. The maximum Gasteiger partial charge on any atom is 0.163 e. The van der Waals surface area contributed by atoms with E-state index in [1.165, 1.54) is 13.2 Å². The molecule has 0 unspecified atom stereocenters. The molecule has 4 heteroatoms. The van der Waals surface area contributed by atoms with Gasteiger partial charge in [-0.3, -0.25) is 0 Å². The molecule has 0 bridgehead atoms. The smallest absolute Gasteiger partial charge is 0.163 e. The van der Waals surface area contributed by atoms with Gasteiger partial charge in [0.05, 0.1) is 13.2 Å². The van der Waals surface area contributed by atoms with Gasteiger partial charge in [0.2, 0.25) is 0 Å². The van der Waals surface area contributed by atoms with Gasteiger partial charge in [-0.1, -0.05) is 12.2 Å². The summed E-state index contributed by atoms with van der Waals surface area (Å²) in [5, 5.41) is 0. The van der Waals surface area contributed by atoms with Crippen LogP contribution in [0.3, 0.4) is 0 Å². The zero-order chi connectivity index (χ0) is 12.8. The maximum atomic E-state index is 13.7. The third-order valence-corrected chi connectivity index (χ3v) is 2.08. The lowest BCUT2D eigenvalue weighted by molar-refractivity contribution is 0.229. The number of rotatable bonds is 5. The van der Waals surface area contributed by atoms with E-state index in [0.29, 0.717) is 23.6 Å². The number of halogens is 1. The third kappa shape index (κ3) is 3.75. The largest absolute Gasteiger partial charge is 0.493 e. The number of benzene rings is 1. The van der Waals surface area contributed by atoms with Crippen molar-refractivity contribution in [3.63, 3.8) is 0 Å². The van der Waals surface area contributed by atoms with Crippen LogP contribution in [0.2, 0.25) is 0 Å². The zero-order valence-electron chi connectivity index (χ0n) is 10.4. The number of methoxy groups -OCH3 is 1. The van der Waals surface area contributed by atoms with Crippen LogP contribution in [0, 0.1) is 5.82 Å². The van der Waals surface area contributed by atoms with Gasteiger partial charge in [0.15, 0.2) is 11.5 Å². The minimum absolute atomic E-state index is 0.000647. The lowest BCUT2D eigenvalue weighted by atomic mass is 10.1. The van der Waals surface area contributed by atoms with E-state index in [1.807, 2.05) is 13.8 Å². The molecule has 1 aromatic rings. The van der Waals surface area contributed by atoms with Crippen molar-refractivity contribution < 1.29 is 13.9 Å². The molecule has 0 amide bonds. The SMILES string of the molecule is COc1cc(F)c(/C=C/CN)cc1OC(C)C. The van der Waals surface area contributed by atoms with E-state index in [0.717, 1.165) is 0 Å². The summed E-state index contributed by atoms with van der Waals surface area (Å²) in [4.78, 5) is 0. The molecule has 0 aliphatic heterocycles. The highest BCUT2D eigenvalue weighted by molar-refractivity contribution is 5.56. The molecule has 0 aliphatic rings. The molecular formula is C13H18FNO2. The van der Waals surface area contributed by atoms with Crippen LogP contribution in [0.1, 0.15) is 19.4 Å². The van der Waals surface area contributed by atoms with Crippen LogP contribution in [0.25, 0.3) is 6.08 Å². The molecule has 0 fully saturated rings. The van der Waals surface area contributed by atoms with Crippen LogP contribution in [0.5, 0.6) is 11.5 Å². The minimum Gasteiger partial charge on any atom is -0.493 e. The monoisotopic (exact) mass is 239 g/mol. The van der Waals surface area contributed by atoms with Gasteiger partial charge in [0.1, 0.15) is 5.82 Å².